The third-order valence-electron chi connectivity index (χ3n) is 6.35. The second-order valence-corrected chi connectivity index (χ2v) is 8.73. The second kappa shape index (κ2) is 8.00. The predicted octanol–water partition coefficient (Wildman–Crippen LogP) is 2.93. The van der Waals surface area contributed by atoms with Crippen molar-refractivity contribution in [3.8, 4) is 0 Å². The Balaban J connectivity index is 1.24. The fourth-order valence-electron chi connectivity index (χ4n) is 4.51. The van der Waals surface area contributed by atoms with Crippen molar-refractivity contribution in [1.82, 2.24) is 5.32 Å². The van der Waals surface area contributed by atoms with E-state index in [9.17, 15) is 23.2 Å². The summed E-state index contributed by atoms with van der Waals surface area (Å²) in [5, 5.41) is 2.67. The maximum absolute atomic E-state index is 13.3. The number of amides is 3. The number of hydrogen-bond donors (Lipinski definition) is 1. The largest absolute Gasteiger partial charge is 0.352 e. The first-order valence-electron chi connectivity index (χ1n) is 10.9. The maximum Gasteiger partial charge on any atom is 0.230 e. The lowest BCUT2D eigenvalue weighted by molar-refractivity contribution is -0.126. The summed E-state index contributed by atoms with van der Waals surface area (Å²) in [5.41, 5.74) is 2.98. The lowest BCUT2D eigenvalue weighted by Gasteiger charge is -2.20. The summed E-state index contributed by atoms with van der Waals surface area (Å²) < 4.78 is 26.6. The summed E-state index contributed by atoms with van der Waals surface area (Å²) in [7, 11) is 0. The van der Waals surface area contributed by atoms with Crippen LogP contribution in [0.15, 0.2) is 36.4 Å². The van der Waals surface area contributed by atoms with Gasteiger partial charge in [0, 0.05) is 49.4 Å². The molecule has 1 saturated heterocycles. The molecule has 166 valence electrons. The van der Waals surface area contributed by atoms with Crippen LogP contribution in [0.4, 0.5) is 20.2 Å². The van der Waals surface area contributed by atoms with Gasteiger partial charge in [0.2, 0.25) is 17.7 Å². The van der Waals surface area contributed by atoms with Crippen molar-refractivity contribution in [3.63, 3.8) is 0 Å². The molecule has 1 unspecified atom stereocenters. The van der Waals surface area contributed by atoms with Crippen LogP contribution in [0.3, 0.4) is 0 Å². The molecule has 2 aromatic carbocycles. The molecule has 2 fully saturated rings. The summed E-state index contributed by atoms with van der Waals surface area (Å²) in [6.07, 6.45) is 2.75. The van der Waals surface area contributed by atoms with Crippen molar-refractivity contribution in [1.29, 1.82) is 0 Å². The fourth-order valence-corrected chi connectivity index (χ4v) is 4.51. The summed E-state index contributed by atoms with van der Waals surface area (Å²) in [6, 6.07) is 8.75. The van der Waals surface area contributed by atoms with Gasteiger partial charge in [0.15, 0.2) is 0 Å². The van der Waals surface area contributed by atoms with Crippen LogP contribution in [0.25, 0.3) is 0 Å². The van der Waals surface area contributed by atoms with Gasteiger partial charge in [0.1, 0.15) is 11.6 Å². The minimum Gasteiger partial charge on any atom is -0.352 e. The number of hydrogen-bond acceptors (Lipinski definition) is 3. The monoisotopic (exact) mass is 439 g/mol. The number of anilines is 2. The van der Waals surface area contributed by atoms with E-state index in [2.05, 4.69) is 5.32 Å². The Morgan fingerprint density at radius 3 is 2.50 bits per heavy atom. The molecule has 8 heteroatoms. The van der Waals surface area contributed by atoms with Gasteiger partial charge in [-0.3, -0.25) is 14.4 Å². The number of nitrogens with zero attached hydrogens (tertiary/aromatic N) is 2. The van der Waals surface area contributed by atoms with Crippen molar-refractivity contribution < 1.29 is 23.2 Å². The van der Waals surface area contributed by atoms with Gasteiger partial charge in [0.25, 0.3) is 0 Å². The molecule has 0 spiro atoms. The highest BCUT2D eigenvalue weighted by Gasteiger charge is 2.38. The van der Waals surface area contributed by atoms with Crippen LogP contribution in [0.5, 0.6) is 0 Å². The van der Waals surface area contributed by atoms with E-state index in [0.29, 0.717) is 12.1 Å². The number of carbonyl (C=O) groups excluding carboxylic acids is 3. The predicted molar refractivity (Wildman–Crippen MR) is 114 cm³/mol. The van der Waals surface area contributed by atoms with Crippen LogP contribution in [0.1, 0.15) is 30.4 Å². The van der Waals surface area contributed by atoms with Crippen molar-refractivity contribution in [3.05, 3.63) is 59.2 Å². The Morgan fingerprint density at radius 2 is 1.78 bits per heavy atom. The molecule has 0 bridgehead atoms. The highest BCUT2D eigenvalue weighted by molar-refractivity contribution is 6.02. The average molecular weight is 439 g/mol. The first-order valence-corrected chi connectivity index (χ1v) is 10.9. The molecular weight excluding hydrogens is 416 g/mol. The van der Waals surface area contributed by atoms with E-state index < -0.39 is 17.6 Å². The molecule has 1 aliphatic carbocycles. The van der Waals surface area contributed by atoms with Gasteiger partial charge in [-0.05, 0) is 60.7 Å². The first-order chi connectivity index (χ1) is 15.4. The maximum atomic E-state index is 13.3. The third kappa shape index (κ3) is 3.97. The van der Waals surface area contributed by atoms with E-state index in [-0.39, 0.29) is 43.1 Å². The zero-order chi connectivity index (χ0) is 22.4. The highest BCUT2D eigenvalue weighted by atomic mass is 19.1. The molecule has 3 aliphatic rings. The molecule has 2 aromatic rings. The number of fused-ring (bicyclic) bond motifs is 1. The van der Waals surface area contributed by atoms with E-state index in [1.807, 2.05) is 23.1 Å². The SMILES string of the molecule is O=C(NCc1cc(F)cc(F)c1)C1CC(=O)N(c2ccc3c(c2)CCN3C(=O)C2CC2)C1. The van der Waals surface area contributed by atoms with Crippen LogP contribution in [0.2, 0.25) is 0 Å². The van der Waals surface area contributed by atoms with E-state index in [4.69, 9.17) is 0 Å². The van der Waals surface area contributed by atoms with Gasteiger partial charge in [-0.1, -0.05) is 0 Å². The van der Waals surface area contributed by atoms with Crippen molar-refractivity contribution in [2.45, 2.75) is 32.2 Å². The normalized spacial score (nSPS) is 19.9. The highest BCUT2D eigenvalue weighted by Crippen LogP contribution is 2.38. The summed E-state index contributed by atoms with van der Waals surface area (Å²) >= 11 is 0. The molecular formula is C24H23F2N3O3. The Morgan fingerprint density at radius 1 is 1.03 bits per heavy atom. The van der Waals surface area contributed by atoms with Crippen molar-refractivity contribution in [2.24, 2.45) is 11.8 Å². The van der Waals surface area contributed by atoms with E-state index in [1.165, 1.54) is 0 Å². The lowest BCUT2D eigenvalue weighted by Crippen LogP contribution is -2.32. The minimum absolute atomic E-state index is 0.0120. The molecule has 1 atom stereocenters. The van der Waals surface area contributed by atoms with Crippen molar-refractivity contribution >= 4 is 29.1 Å². The zero-order valence-corrected chi connectivity index (χ0v) is 17.4. The summed E-state index contributed by atoms with van der Waals surface area (Å²) in [4.78, 5) is 41.1. The Bertz CT molecular complexity index is 1100. The van der Waals surface area contributed by atoms with Crippen LogP contribution in [-0.4, -0.2) is 30.8 Å². The number of rotatable bonds is 5. The fraction of sp³-hybridized carbons (Fsp3) is 0.375. The molecule has 1 saturated carbocycles. The third-order valence-corrected chi connectivity index (χ3v) is 6.35. The quantitative estimate of drug-likeness (QED) is 0.779. The van der Waals surface area contributed by atoms with Crippen LogP contribution >= 0.6 is 0 Å². The molecule has 0 radical (unpaired) electrons. The van der Waals surface area contributed by atoms with Gasteiger partial charge in [-0.25, -0.2) is 8.78 Å². The molecule has 1 N–H and O–H groups in total. The van der Waals surface area contributed by atoms with Gasteiger partial charge in [-0.15, -0.1) is 0 Å². The number of carbonyl (C=O) groups is 3. The molecule has 2 aliphatic heterocycles. The van der Waals surface area contributed by atoms with E-state index in [0.717, 1.165) is 54.4 Å². The van der Waals surface area contributed by atoms with Crippen LogP contribution in [0, 0.1) is 23.5 Å². The van der Waals surface area contributed by atoms with E-state index >= 15 is 0 Å². The van der Waals surface area contributed by atoms with E-state index in [1.54, 1.807) is 4.90 Å². The number of nitrogens with one attached hydrogen (secondary N) is 1. The topological polar surface area (TPSA) is 69.7 Å². The lowest BCUT2D eigenvalue weighted by atomic mass is 10.1. The standard InChI is InChI=1S/C24H23F2N3O3/c25-18-7-14(8-19(26)11-18)12-27-23(31)17-10-22(30)29(13-17)20-3-4-21-16(9-20)5-6-28(21)24(32)15-1-2-15/h3-4,7-9,11,15,17H,1-2,5-6,10,12-13H2,(H,27,31). The smallest absolute Gasteiger partial charge is 0.230 e. The van der Waals surface area contributed by atoms with Crippen LogP contribution in [-0.2, 0) is 27.3 Å². The molecule has 2 heterocycles. The van der Waals surface area contributed by atoms with Gasteiger partial charge in [-0.2, -0.15) is 0 Å². The second-order valence-electron chi connectivity index (χ2n) is 8.73. The molecule has 32 heavy (non-hydrogen) atoms. The number of benzene rings is 2. The Kier molecular flexibility index (Phi) is 5.15. The minimum atomic E-state index is -0.703. The molecule has 3 amide bonds. The summed E-state index contributed by atoms with van der Waals surface area (Å²) in [5.74, 6) is -2.08. The van der Waals surface area contributed by atoms with Gasteiger partial charge < -0.3 is 15.1 Å². The zero-order valence-electron chi connectivity index (χ0n) is 17.4. The Labute approximate surface area is 184 Å². The molecule has 6 nitrogen and oxygen atoms in total. The number of halogens is 2. The molecule has 5 rings (SSSR count). The average Bonchev–Trinajstić information content (AvgIpc) is 3.41. The summed E-state index contributed by atoms with van der Waals surface area (Å²) in [6.45, 7) is 0.890. The Hall–Kier alpha value is -3.29. The first kappa shape index (κ1) is 20.6. The van der Waals surface area contributed by atoms with Gasteiger partial charge >= 0.3 is 0 Å². The van der Waals surface area contributed by atoms with Crippen molar-refractivity contribution in [2.75, 3.05) is 22.9 Å². The molecule has 0 aromatic heterocycles. The van der Waals surface area contributed by atoms with Gasteiger partial charge in [0.05, 0.1) is 5.92 Å². The van der Waals surface area contributed by atoms with Crippen LogP contribution < -0.4 is 15.1 Å².